The largest absolute Gasteiger partial charge is 0.389 e. The van der Waals surface area contributed by atoms with Crippen molar-refractivity contribution in [3.8, 4) is 0 Å². The Morgan fingerprint density at radius 3 is 2.63 bits per heavy atom. The molecule has 0 aliphatic heterocycles. The van der Waals surface area contributed by atoms with Crippen LogP contribution in [0.5, 0.6) is 0 Å². The lowest BCUT2D eigenvalue weighted by Crippen LogP contribution is -2.42. The lowest BCUT2D eigenvalue weighted by molar-refractivity contribution is 0.0194. The molecule has 3 atom stereocenters. The molecule has 3 heteroatoms. The van der Waals surface area contributed by atoms with Crippen molar-refractivity contribution in [2.45, 2.75) is 48.9 Å². The van der Waals surface area contributed by atoms with Crippen molar-refractivity contribution in [3.63, 3.8) is 0 Å². The monoisotopic (exact) mass is 296 g/mol. The van der Waals surface area contributed by atoms with Crippen molar-refractivity contribution in [2.75, 3.05) is 0 Å². The van der Waals surface area contributed by atoms with Crippen molar-refractivity contribution in [1.82, 2.24) is 0 Å². The number of benzene rings is 1. The summed E-state index contributed by atoms with van der Waals surface area (Å²) in [7, 11) is 0. The molecular weight excluding hydrogens is 276 g/mol. The van der Waals surface area contributed by atoms with Crippen LogP contribution in [0.3, 0.4) is 0 Å². The second-order valence-corrected chi connectivity index (χ2v) is 7.45. The van der Waals surface area contributed by atoms with Gasteiger partial charge < -0.3 is 5.11 Å². The zero-order valence-corrected chi connectivity index (χ0v) is 13.1. The molecule has 1 aromatic rings. The van der Waals surface area contributed by atoms with E-state index in [0.717, 1.165) is 29.2 Å². The van der Waals surface area contributed by atoms with E-state index in [2.05, 4.69) is 13.5 Å². The molecule has 1 nitrogen and oxygen atoms in total. The minimum atomic E-state index is -0.601. The molecule has 1 aliphatic rings. The molecule has 0 aromatic heterocycles. The smallest absolute Gasteiger partial charge is 0.0741 e. The van der Waals surface area contributed by atoms with Gasteiger partial charge >= 0.3 is 0 Å². The van der Waals surface area contributed by atoms with E-state index in [-0.39, 0.29) is 5.25 Å². The number of allylic oxidation sites excluding steroid dienone is 1. The third kappa shape index (κ3) is 3.77. The van der Waals surface area contributed by atoms with Gasteiger partial charge in [-0.2, -0.15) is 0 Å². The van der Waals surface area contributed by atoms with Crippen molar-refractivity contribution in [2.24, 2.45) is 5.92 Å². The second kappa shape index (κ2) is 5.90. The van der Waals surface area contributed by atoms with Crippen LogP contribution >= 0.6 is 23.4 Å². The van der Waals surface area contributed by atoms with Gasteiger partial charge in [-0.3, -0.25) is 0 Å². The van der Waals surface area contributed by atoms with Crippen molar-refractivity contribution in [3.05, 3.63) is 41.4 Å². The van der Waals surface area contributed by atoms with E-state index in [1.54, 1.807) is 11.8 Å². The lowest BCUT2D eigenvalue weighted by atomic mass is 9.77. The first-order chi connectivity index (χ1) is 8.88. The van der Waals surface area contributed by atoms with Gasteiger partial charge in [0.1, 0.15) is 0 Å². The SMILES string of the molecule is C=C(C)[C@@H]1CC[C@](C)(O)[C@@H](Sc2ccc(Cl)cc2)C1. The Kier molecular flexibility index (Phi) is 4.65. The summed E-state index contributed by atoms with van der Waals surface area (Å²) in [6.45, 7) is 8.12. The lowest BCUT2D eigenvalue weighted by Gasteiger charge is -2.40. The highest BCUT2D eigenvalue weighted by Crippen LogP contribution is 2.43. The highest BCUT2D eigenvalue weighted by molar-refractivity contribution is 8.00. The quantitative estimate of drug-likeness (QED) is 0.798. The predicted octanol–water partition coefficient (Wildman–Crippen LogP) is 4.93. The van der Waals surface area contributed by atoms with E-state index in [1.807, 2.05) is 31.2 Å². The fourth-order valence-corrected chi connectivity index (χ4v) is 4.01. The molecule has 0 bridgehead atoms. The number of thioether (sulfide) groups is 1. The first kappa shape index (κ1) is 15.0. The van der Waals surface area contributed by atoms with Crippen LogP contribution < -0.4 is 0 Å². The average molecular weight is 297 g/mol. The van der Waals surface area contributed by atoms with Crippen molar-refractivity contribution < 1.29 is 5.11 Å². The van der Waals surface area contributed by atoms with E-state index in [4.69, 9.17) is 11.6 Å². The van der Waals surface area contributed by atoms with Crippen LogP contribution in [-0.4, -0.2) is 16.0 Å². The minimum absolute atomic E-state index is 0.212. The zero-order chi connectivity index (χ0) is 14.0. The molecule has 1 saturated carbocycles. The number of hydrogen-bond donors (Lipinski definition) is 1. The van der Waals surface area contributed by atoms with Gasteiger partial charge in [0.2, 0.25) is 0 Å². The summed E-state index contributed by atoms with van der Waals surface area (Å²) >= 11 is 7.66. The number of rotatable bonds is 3. The van der Waals surface area contributed by atoms with E-state index < -0.39 is 5.60 Å². The molecule has 0 heterocycles. The van der Waals surface area contributed by atoms with Crippen LogP contribution in [0, 0.1) is 5.92 Å². The Morgan fingerprint density at radius 2 is 2.05 bits per heavy atom. The van der Waals surface area contributed by atoms with Crippen molar-refractivity contribution >= 4 is 23.4 Å². The summed E-state index contributed by atoms with van der Waals surface area (Å²) in [5.41, 5.74) is 0.633. The number of halogens is 1. The highest BCUT2D eigenvalue weighted by Gasteiger charge is 2.39. The first-order valence-electron chi connectivity index (χ1n) is 6.68. The van der Waals surface area contributed by atoms with E-state index in [9.17, 15) is 5.11 Å². The first-order valence-corrected chi connectivity index (χ1v) is 7.94. The summed E-state index contributed by atoms with van der Waals surface area (Å²) < 4.78 is 0. The molecule has 0 saturated heterocycles. The van der Waals surface area contributed by atoms with Gasteiger partial charge in [0, 0.05) is 15.2 Å². The summed E-state index contributed by atoms with van der Waals surface area (Å²) in [4.78, 5) is 1.16. The van der Waals surface area contributed by atoms with E-state index in [1.165, 1.54) is 5.57 Å². The topological polar surface area (TPSA) is 20.2 Å². The van der Waals surface area contributed by atoms with Crippen LogP contribution in [0.25, 0.3) is 0 Å². The Morgan fingerprint density at radius 1 is 1.42 bits per heavy atom. The van der Waals surface area contributed by atoms with E-state index >= 15 is 0 Å². The summed E-state index contributed by atoms with van der Waals surface area (Å²) in [5, 5.41) is 11.5. The predicted molar refractivity (Wildman–Crippen MR) is 83.9 cm³/mol. The summed E-state index contributed by atoms with van der Waals surface area (Å²) in [6.07, 6.45) is 2.88. The highest BCUT2D eigenvalue weighted by atomic mass is 35.5. The van der Waals surface area contributed by atoms with Gasteiger partial charge in [-0.25, -0.2) is 0 Å². The van der Waals surface area contributed by atoms with Gasteiger partial charge in [0.25, 0.3) is 0 Å². The van der Waals surface area contributed by atoms with Gasteiger partial charge in [-0.05, 0) is 63.3 Å². The molecule has 0 amide bonds. The fourth-order valence-electron chi connectivity index (χ4n) is 2.56. The Bertz CT molecular complexity index is 452. The number of aliphatic hydroxyl groups is 1. The molecule has 1 aliphatic carbocycles. The van der Waals surface area contributed by atoms with Gasteiger partial charge in [0.05, 0.1) is 5.60 Å². The Labute approximate surface area is 125 Å². The molecule has 1 fully saturated rings. The summed E-state index contributed by atoms with van der Waals surface area (Å²) in [5.74, 6) is 0.532. The van der Waals surface area contributed by atoms with Gasteiger partial charge in [-0.1, -0.05) is 23.8 Å². The fraction of sp³-hybridized carbons (Fsp3) is 0.500. The average Bonchev–Trinajstić information content (AvgIpc) is 2.34. The van der Waals surface area contributed by atoms with Crippen LogP contribution in [0.2, 0.25) is 5.02 Å². The molecule has 2 rings (SSSR count). The molecule has 1 N–H and O–H groups in total. The Balaban J connectivity index is 2.11. The molecule has 0 spiro atoms. The zero-order valence-electron chi connectivity index (χ0n) is 11.5. The maximum atomic E-state index is 10.6. The van der Waals surface area contributed by atoms with Gasteiger partial charge in [-0.15, -0.1) is 11.8 Å². The third-order valence-corrected chi connectivity index (χ3v) is 5.76. The molecule has 0 unspecified atom stereocenters. The minimum Gasteiger partial charge on any atom is -0.389 e. The molecule has 0 radical (unpaired) electrons. The third-order valence-electron chi connectivity index (χ3n) is 3.98. The second-order valence-electron chi connectivity index (χ2n) is 5.74. The number of hydrogen-bond acceptors (Lipinski definition) is 2. The van der Waals surface area contributed by atoms with Crippen LogP contribution in [0.1, 0.15) is 33.1 Å². The Hall–Kier alpha value is -0.440. The maximum Gasteiger partial charge on any atom is 0.0741 e. The van der Waals surface area contributed by atoms with Gasteiger partial charge in [0.15, 0.2) is 0 Å². The molecule has 19 heavy (non-hydrogen) atoms. The summed E-state index contributed by atoms with van der Waals surface area (Å²) in [6, 6.07) is 7.84. The molecule has 104 valence electrons. The maximum absolute atomic E-state index is 10.6. The standard InChI is InChI=1S/C16H21ClOS/c1-11(2)12-8-9-16(3,18)15(10-12)19-14-6-4-13(17)5-7-14/h4-7,12,15,18H,1,8-10H2,2-3H3/t12-,15+,16+/m1/s1. The van der Waals surface area contributed by atoms with Crippen LogP contribution in [0.4, 0.5) is 0 Å². The van der Waals surface area contributed by atoms with E-state index in [0.29, 0.717) is 5.92 Å². The molecular formula is C16H21ClOS. The van der Waals surface area contributed by atoms with Crippen molar-refractivity contribution in [1.29, 1.82) is 0 Å². The molecule has 1 aromatic carbocycles. The van der Waals surface area contributed by atoms with Crippen LogP contribution in [-0.2, 0) is 0 Å². The normalized spacial score (nSPS) is 31.2. The van der Waals surface area contributed by atoms with Crippen LogP contribution in [0.15, 0.2) is 41.3 Å².